The molecule has 2 rings (SSSR count). The maximum Gasteiger partial charge on any atom is 0.509 e. The molecule has 8 heteroatoms. The number of aliphatic hydroxyl groups excluding tert-OH is 1. The zero-order valence-corrected chi connectivity index (χ0v) is 9.07. The van der Waals surface area contributed by atoms with Crippen LogP contribution in [0.15, 0.2) is 0 Å². The van der Waals surface area contributed by atoms with E-state index in [2.05, 4.69) is 5.23 Å². The summed E-state index contributed by atoms with van der Waals surface area (Å²) in [7, 11) is 1.25. The summed E-state index contributed by atoms with van der Waals surface area (Å²) < 4.78 is 15.4. The van der Waals surface area contributed by atoms with Crippen molar-refractivity contribution in [2.75, 3.05) is 13.2 Å². The first kappa shape index (κ1) is 12.3. The monoisotopic (exact) mass is 242 g/mol. The van der Waals surface area contributed by atoms with Crippen molar-refractivity contribution in [3.63, 3.8) is 0 Å². The molecule has 1 saturated carbocycles. The molecule has 0 aromatic carbocycles. The fraction of sp³-hybridized carbons (Fsp3) is 0.778. The molecule has 2 N–H and O–H groups in total. The number of carbonyl (C=O) groups excluding carboxylic acids is 2. The lowest BCUT2D eigenvalue weighted by Crippen LogP contribution is -2.41. The largest absolute Gasteiger partial charge is 0.509 e. The summed E-state index contributed by atoms with van der Waals surface area (Å²) in [6.45, 7) is 0.0802. The molecule has 1 aliphatic carbocycles. The van der Waals surface area contributed by atoms with Gasteiger partial charge in [-0.05, 0) is 6.42 Å². The number of hydrogen-bond acceptors (Lipinski definition) is 7. The van der Waals surface area contributed by atoms with Gasteiger partial charge in [-0.2, -0.15) is 0 Å². The van der Waals surface area contributed by atoms with Crippen molar-refractivity contribution in [1.82, 2.24) is 5.23 Å². The minimum absolute atomic E-state index is 0.0960. The second-order valence-electron chi connectivity index (χ2n) is 3.86. The molecule has 0 spiro atoms. The van der Waals surface area contributed by atoms with Gasteiger partial charge in [0.2, 0.25) is 0 Å². The van der Waals surface area contributed by atoms with E-state index in [9.17, 15) is 9.59 Å². The van der Waals surface area contributed by atoms with Gasteiger partial charge in [-0.1, -0.05) is 0 Å². The fourth-order valence-corrected chi connectivity index (χ4v) is 2.19. The molecule has 1 heterocycles. The van der Waals surface area contributed by atoms with Crippen molar-refractivity contribution < 1.29 is 28.9 Å². The molecule has 2 aliphatic rings. The fourth-order valence-electron chi connectivity index (χ4n) is 2.19. The Hall–Kier alpha value is -1.12. The zero-order valence-electron chi connectivity index (χ0n) is 9.07. The first-order valence-electron chi connectivity index (χ1n) is 5.39. The quantitative estimate of drug-likeness (QED) is 0.330. The van der Waals surface area contributed by atoms with E-state index in [1.54, 1.807) is 0 Å². The highest BCUT2D eigenvalue weighted by atomic mass is 16.8. The normalized spacial score (nSPS) is 35.0. The molecule has 2 fully saturated rings. The van der Waals surface area contributed by atoms with E-state index in [1.165, 1.54) is 7.41 Å². The van der Waals surface area contributed by atoms with E-state index in [4.69, 9.17) is 19.3 Å². The average Bonchev–Trinajstić information content (AvgIpc) is 2.82. The lowest BCUT2D eigenvalue weighted by atomic mass is 9.95. The SMILES string of the molecule is O=C[B]N[C@@H]1C[C@H](OCCO)[C@H]2OC(=O)O[C@H]21. The maximum atomic E-state index is 11.0. The van der Waals surface area contributed by atoms with Crippen LogP contribution >= 0.6 is 0 Å². The summed E-state index contributed by atoms with van der Waals surface area (Å²) in [5, 5.41) is 11.5. The molecule has 0 aromatic heterocycles. The average molecular weight is 242 g/mol. The van der Waals surface area contributed by atoms with Gasteiger partial charge in [-0.15, -0.1) is 0 Å². The van der Waals surface area contributed by atoms with Crippen LogP contribution in [0.3, 0.4) is 0 Å². The second-order valence-corrected chi connectivity index (χ2v) is 3.86. The van der Waals surface area contributed by atoms with Crippen LogP contribution in [-0.2, 0) is 19.0 Å². The molecule has 7 nitrogen and oxygen atoms in total. The Kier molecular flexibility index (Phi) is 3.98. The van der Waals surface area contributed by atoms with Crippen LogP contribution in [-0.4, -0.2) is 62.4 Å². The third kappa shape index (κ3) is 2.59. The summed E-state index contributed by atoms with van der Waals surface area (Å²) in [6.07, 6.45) is -0.818. The van der Waals surface area contributed by atoms with Crippen molar-refractivity contribution in [3.05, 3.63) is 0 Å². The Morgan fingerprint density at radius 3 is 3.00 bits per heavy atom. The van der Waals surface area contributed by atoms with Crippen LogP contribution in [0.4, 0.5) is 4.79 Å². The highest BCUT2D eigenvalue weighted by Gasteiger charge is 2.53. The summed E-state index contributed by atoms with van der Waals surface area (Å²) in [4.78, 5) is 21.3. The van der Waals surface area contributed by atoms with Crippen LogP contribution in [0.1, 0.15) is 6.42 Å². The molecule has 0 unspecified atom stereocenters. The van der Waals surface area contributed by atoms with Crippen molar-refractivity contribution in [2.24, 2.45) is 0 Å². The number of nitrogens with one attached hydrogen (secondary N) is 1. The molecule has 0 bridgehead atoms. The van der Waals surface area contributed by atoms with Crippen LogP contribution in [0.5, 0.6) is 0 Å². The van der Waals surface area contributed by atoms with E-state index >= 15 is 0 Å². The van der Waals surface area contributed by atoms with E-state index in [1.807, 2.05) is 0 Å². The highest BCUT2D eigenvalue weighted by Crippen LogP contribution is 2.33. The van der Waals surface area contributed by atoms with Gasteiger partial charge in [0.15, 0.2) is 12.2 Å². The van der Waals surface area contributed by atoms with Gasteiger partial charge >= 0.3 is 6.16 Å². The molecule has 0 aromatic rings. The van der Waals surface area contributed by atoms with E-state index in [0.29, 0.717) is 12.6 Å². The zero-order chi connectivity index (χ0) is 12.3. The van der Waals surface area contributed by atoms with Gasteiger partial charge in [0, 0.05) is 6.04 Å². The minimum Gasteiger partial charge on any atom is -0.425 e. The summed E-state index contributed by atoms with van der Waals surface area (Å²) in [5.74, 6) is 0. The third-order valence-electron chi connectivity index (χ3n) is 2.84. The van der Waals surface area contributed by atoms with Crippen LogP contribution < -0.4 is 5.23 Å². The Bertz CT molecular complexity index is 301. The standard InChI is InChI=1S/C9H13BNO6/c12-1-2-15-6-3-5(11-10-4-13)7-8(6)17-9(14)16-7/h4-8,11-12H,1-3H2/t5-,6+,7+,8-/m1/s1. The summed E-state index contributed by atoms with van der Waals surface area (Å²) in [5.41, 5.74) is 0. The molecule has 1 radical (unpaired) electrons. The van der Waals surface area contributed by atoms with E-state index < -0.39 is 18.4 Å². The second kappa shape index (κ2) is 5.48. The van der Waals surface area contributed by atoms with Crippen molar-refractivity contribution in [3.8, 4) is 0 Å². The molecular weight excluding hydrogens is 229 g/mol. The highest BCUT2D eigenvalue weighted by molar-refractivity contribution is 6.64. The Labute approximate surface area is 98.7 Å². The predicted octanol–water partition coefficient (Wildman–Crippen LogP) is -1.56. The molecule has 0 amide bonds. The topological polar surface area (TPSA) is 94.1 Å². The maximum absolute atomic E-state index is 11.0. The lowest BCUT2D eigenvalue weighted by Gasteiger charge is -2.15. The van der Waals surface area contributed by atoms with Crippen molar-refractivity contribution in [2.45, 2.75) is 30.8 Å². The molecule has 4 atom stereocenters. The number of rotatable bonds is 6. The third-order valence-corrected chi connectivity index (χ3v) is 2.84. The number of aliphatic hydroxyl groups is 1. The predicted molar refractivity (Wildman–Crippen MR) is 56.0 cm³/mol. The van der Waals surface area contributed by atoms with E-state index in [-0.39, 0.29) is 25.4 Å². The van der Waals surface area contributed by atoms with Gasteiger partial charge in [0.25, 0.3) is 7.41 Å². The van der Waals surface area contributed by atoms with Gasteiger partial charge in [0.05, 0.1) is 19.4 Å². The van der Waals surface area contributed by atoms with Crippen molar-refractivity contribution in [1.29, 1.82) is 0 Å². The van der Waals surface area contributed by atoms with Crippen LogP contribution in [0.25, 0.3) is 0 Å². The van der Waals surface area contributed by atoms with Crippen LogP contribution in [0, 0.1) is 0 Å². The van der Waals surface area contributed by atoms with Gasteiger partial charge in [0.1, 0.15) is 6.10 Å². The van der Waals surface area contributed by atoms with Gasteiger partial charge in [-0.25, -0.2) is 4.79 Å². The van der Waals surface area contributed by atoms with Gasteiger partial charge < -0.3 is 29.3 Å². The lowest BCUT2D eigenvalue weighted by molar-refractivity contribution is -0.0273. The number of carbonyl (C=O) groups is 2. The molecule has 93 valence electrons. The molecule has 1 aliphatic heterocycles. The first-order valence-corrected chi connectivity index (χ1v) is 5.39. The summed E-state index contributed by atoms with van der Waals surface area (Å²) >= 11 is 0. The Morgan fingerprint density at radius 1 is 1.53 bits per heavy atom. The number of hydrogen-bond donors (Lipinski definition) is 2. The minimum atomic E-state index is -0.727. The molecule has 1 saturated heterocycles. The van der Waals surface area contributed by atoms with Crippen molar-refractivity contribution >= 4 is 19.8 Å². The van der Waals surface area contributed by atoms with Crippen LogP contribution in [0.2, 0.25) is 0 Å². The first-order chi connectivity index (χ1) is 8.26. The van der Waals surface area contributed by atoms with E-state index in [0.717, 1.165) is 0 Å². The number of ether oxygens (including phenoxy) is 3. The molecular formula is C9H13BNO6. The van der Waals surface area contributed by atoms with Gasteiger partial charge in [-0.3, -0.25) is 0 Å². The Balaban J connectivity index is 1.96. The summed E-state index contributed by atoms with van der Waals surface area (Å²) in [6, 6.07) is -0.208. The molecule has 17 heavy (non-hydrogen) atoms. The number of fused-ring (bicyclic) bond motifs is 1. The smallest absolute Gasteiger partial charge is 0.425 e. The Morgan fingerprint density at radius 2 is 2.29 bits per heavy atom.